The van der Waals surface area contributed by atoms with Crippen LogP contribution in [0, 0.1) is 52.8 Å². The lowest BCUT2D eigenvalue weighted by atomic mass is 9.44. The number of allylic oxidation sites excluding steroid dienone is 1. The second kappa shape index (κ2) is 5.37. The first-order valence-electron chi connectivity index (χ1n) is 11.2. The fraction of sp³-hybridized carbons (Fsp3) is 0.917. The molecule has 1 N–H and O–H groups in total. The lowest BCUT2D eigenvalue weighted by Gasteiger charge is -2.61. The first-order valence-corrected chi connectivity index (χ1v) is 11.2. The minimum absolute atomic E-state index is 0.381. The van der Waals surface area contributed by atoms with Crippen molar-refractivity contribution in [3.8, 4) is 0 Å². The van der Waals surface area contributed by atoms with E-state index < -0.39 is 0 Å². The molecule has 1 unspecified atom stereocenters. The van der Waals surface area contributed by atoms with E-state index in [1.54, 1.807) is 0 Å². The van der Waals surface area contributed by atoms with Crippen molar-refractivity contribution in [3.05, 3.63) is 12.2 Å². The van der Waals surface area contributed by atoms with Gasteiger partial charge in [-0.2, -0.15) is 0 Å². The maximum Gasteiger partial charge on any atom is 0.0622 e. The van der Waals surface area contributed by atoms with Crippen LogP contribution in [0.2, 0.25) is 0 Å². The van der Waals surface area contributed by atoms with Gasteiger partial charge in [-0.1, -0.05) is 19.1 Å². The van der Waals surface area contributed by atoms with Crippen LogP contribution in [0.3, 0.4) is 0 Å². The Morgan fingerprint density at radius 1 is 0.880 bits per heavy atom. The molecule has 0 spiro atoms. The van der Waals surface area contributed by atoms with E-state index in [1.807, 2.05) is 0 Å². The second-order valence-electron chi connectivity index (χ2n) is 11.4. The molecule has 0 aromatic carbocycles. The number of rotatable bonds is 1. The third-order valence-corrected chi connectivity index (χ3v) is 9.88. The highest BCUT2D eigenvalue weighted by atomic mass is 16.3. The molecule has 5 aliphatic rings. The van der Waals surface area contributed by atoms with Crippen LogP contribution < -0.4 is 0 Å². The van der Waals surface area contributed by atoms with Crippen LogP contribution in [0.15, 0.2) is 12.2 Å². The molecule has 0 bridgehead atoms. The van der Waals surface area contributed by atoms with Crippen molar-refractivity contribution in [1.29, 1.82) is 0 Å². The molecule has 5 fully saturated rings. The average Bonchev–Trinajstić information content (AvgIpc) is 3.28. The first-order chi connectivity index (χ1) is 11.8. The minimum atomic E-state index is -0.381. The monoisotopic (exact) mass is 342 g/mol. The lowest BCUT2D eigenvalue weighted by molar-refractivity contribution is -0.123. The van der Waals surface area contributed by atoms with E-state index in [-0.39, 0.29) is 5.60 Å². The molecule has 0 aromatic heterocycles. The molecule has 0 saturated heterocycles. The van der Waals surface area contributed by atoms with Gasteiger partial charge in [0.05, 0.1) is 5.60 Å². The molecule has 5 saturated carbocycles. The summed E-state index contributed by atoms with van der Waals surface area (Å²) < 4.78 is 0. The Bertz CT molecular complexity index is 577. The molecule has 5 rings (SSSR count). The van der Waals surface area contributed by atoms with Gasteiger partial charge in [-0.3, -0.25) is 0 Å². The van der Waals surface area contributed by atoms with Gasteiger partial charge in [0.25, 0.3) is 0 Å². The van der Waals surface area contributed by atoms with Crippen molar-refractivity contribution in [2.24, 2.45) is 52.8 Å². The maximum absolute atomic E-state index is 10.6. The molecular weight excluding hydrogens is 304 g/mol. The predicted octanol–water partition coefficient (Wildman–Crippen LogP) is 5.83. The summed E-state index contributed by atoms with van der Waals surface area (Å²) in [6.45, 7) is 11.5. The van der Waals surface area contributed by atoms with Crippen molar-refractivity contribution in [2.45, 2.75) is 84.2 Å². The summed E-state index contributed by atoms with van der Waals surface area (Å²) in [6, 6.07) is 0. The highest BCUT2D eigenvalue weighted by Crippen LogP contribution is 2.70. The molecule has 0 heterocycles. The summed E-state index contributed by atoms with van der Waals surface area (Å²) in [5.74, 6) is 7.45. The molecule has 0 amide bonds. The van der Waals surface area contributed by atoms with E-state index in [2.05, 4.69) is 27.4 Å². The van der Waals surface area contributed by atoms with Gasteiger partial charge < -0.3 is 5.11 Å². The van der Waals surface area contributed by atoms with Gasteiger partial charge in [-0.15, -0.1) is 0 Å². The van der Waals surface area contributed by atoms with E-state index >= 15 is 0 Å². The molecular formula is C24H38O. The average molecular weight is 343 g/mol. The molecule has 140 valence electrons. The Balaban J connectivity index is 1.42. The molecule has 25 heavy (non-hydrogen) atoms. The van der Waals surface area contributed by atoms with Crippen LogP contribution in [-0.2, 0) is 0 Å². The Kier molecular flexibility index (Phi) is 3.62. The fourth-order valence-electron chi connectivity index (χ4n) is 8.95. The second-order valence-corrected chi connectivity index (χ2v) is 11.4. The quantitative estimate of drug-likeness (QED) is 0.595. The van der Waals surface area contributed by atoms with E-state index in [9.17, 15) is 5.11 Å². The first kappa shape index (κ1) is 16.8. The number of hydrogen-bond donors (Lipinski definition) is 1. The Morgan fingerprint density at radius 2 is 1.64 bits per heavy atom. The zero-order valence-electron chi connectivity index (χ0n) is 16.6. The summed E-state index contributed by atoms with van der Waals surface area (Å²) in [5, 5.41) is 10.6. The van der Waals surface area contributed by atoms with Crippen LogP contribution in [0.5, 0.6) is 0 Å². The number of fused-ring (bicyclic) bond motifs is 6. The highest BCUT2D eigenvalue weighted by molar-refractivity contribution is 5.19. The Labute approximate surface area is 154 Å². The van der Waals surface area contributed by atoms with Crippen molar-refractivity contribution in [2.75, 3.05) is 0 Å². The van der Waals surface area contributed by atoms with Gasteiger partial charge in [0.15, 0.2) is 0 Å². The number of aliphatic hydroxyl groups is 1. The third-order valence-electron chi connectivity index (χ3n) is 9.88. The molecule has 0 aromatic rings. The van der Waals surface area contributed by atoms with Gasteiger partial charge in [0, 0.05) is 0 Å². The van der Waals surface area contributed by atoms with Gasteiger partial charge in [-0.25, -0.2) is 0 Å². The highest BCUT2D eigenvalue weighted by Gasteiger charge is 2.63. The van der Waals surface area contributed by atoms with Crippen LogP contribution in [0.4, 0.5) is 0 Å². The normalized spacial score (nSPS) is 59.8. The molecule has 0 aliphatic heterocycles. The predicted molar refractivity (Wildman–Crippen MR) is 103 cm³/mol. The summed E-state index contributed by atoms with van der Waals surface area (Å²) in [5.41, 5.74) is 1.65. The smallest absolute Gasteiger partial charge is 0.0622 e. The van der Waals surface area contributed by atoms with Gasteiger partial charge in [0.2, 0.25) is 0 Å². The molecule has 5 aliphatic carbocycles. The summed E-state index contributed by atoms with van der Waals surface area (Å²) in [7, 11) is 0. The minimum Gasteiger partial charge on any atom is -0.390 e. The lowest BCUT2D eigenvalue weighted by Crippen LogP contribution is -2.54. The van der Waals surface area contributed by atoms with Crippen molar-refractivity contribution in [3.63, 3.8) is 0 Å². The van der Waals surface area contributed by atoms with Gasteiger partial charge in [0.1, 0.15) is 0 Å². The van der Waals surface area contributed by atoms with E-state index in [1.165, 1.54) is 50.5 Å². The number of hydrogen-bond acceptors (Lipinski definition) is 1. The topological polar surface area (TPSA) is 20.2 Å². The Hall–Kier alpha value is -0.300. The maximum atomic E-state index is 10.6. The van der Waals surface area contributed by atoms with E-state index in [0.29, 0.717) is 5.41 Å². The molecule has 0 radical (unpaired) electrons. The van der Waals surface area contributed by atoms with Crippen LogP contribution in [0.25, 0.3) is 0 Å². The van der Waals surface area contributed by atoms with Crippen molar-refractivity contribution < 1.29 is 5.11 Å². The van der Waals surface area contributed by atoms with Gasteiger partial charge >= 0.3 is 0 Å². The largest absolute Gasteiger partial charge is 0.390 e. The SMILES string of the molecule is C=C(C)[C@H]1[C@@H]2C[C@@H]2C[C@H]2[C@@H]3CC[C@@H]4C[C@](C)(O)CCC4[C@H]3CC[C@@]21C. The zero-order chi connectivity index (χ0) is 17.6. The molecule has 1 heteroatoms. The zero-order valence-corrected chi connectivity index (χ0v) is 16.6. The fourth-order valence-corrected chi connectivity index (χ4v) is 8.95. The van der Waals surface area contributed by atoms with Crippen LogP contribution >= 0.6 is 0 Å². The summed E-state index contributed by atoms with van der Waals surface area (Å²) in [6.07, 6.45) is 12.2. The van der Waals surface area contributed by atoms with Crippen molar-refractivity contribution >= 4 is 0 Å². The van der Waals surface area contributed by atoms with Crippen LogP contribution in [-0.4, -0.2) is 10.7 Å². The Morgan fingerprint density at radius 3 is 2.40 bits per heavy atom. The van der Waals surface area contributed by atoms with E-state index in [4.69, 9.17) is 0 Å². The van der Waals surface area contributed by atoms with E-state index in [0.717, 1.165) is 60.2 Å². The standard InChI is InChI=1S/C24H38O/c1-14(2)22-20-11-16(20)12-21-19-6-5-15-13-23(3,25)9-7-17(15)18(19)8-10-24(21,22)4/h15-22,25H,1,5-13H2,2-4H3/t15-,16-,17?,18-,19-,20-,21+,22+,23-,24+/m1/s1. The molecule has 1 nitrogen and oxygen atoms in total. The van der Waals surface area contributed by atoms with Gasteiger partial charge in [-0.05, 0) is 124 Å². The van der Waals surface area contributed by atoms with Crippen LogP contribution in [0.1, 0.15) is 78.6 Å². The third kappa shape index (κ3) is 2.43. The summed E-state index contributed by atoms with van der Waals surface area (Å²) >= 11 is 0. The van der Waals surface area contributed by atoms with Crippen molar-refractivity contribution in [1.82, 2.24) is 0 Å². The summed E-state index contributed by atoms with van der Waals surface area (Å²) in [4.78, 5) is 0. The molecule has 10 atom stereocenters.